The molecule has 1 N–H and O–H groups in total. The fraction of sp³-hybridized carbons (Fsp3) is 0.261. The number of nitrogens with one attached hydrogen (secondary N) is 1. The summed E-state index contributed by atoms with van der Waals surface area (Å²) < 4.78 is 0. The number of benzene rings is 2. The van der Waals surface area contributed by atoms with Crippen molar-refractivity contribution in [2.45, 2.75) is 33.4 Å². The lowest BCUT2D eigenvalue weighted by Crippen LogP contribution is -2.32. The molecule has 0 bridgehead atoms. The second-order valence-electron chi connectivity index (χ2n) is 7.27. The predicted molar refractivity (Wildman–Crippen MR) is 110 cm³/mol. The fourth-order valence-corrected chi connectivity index (χ4v) is 3.50. The number of aromatic nitrogens is 2. The van der Waals surface area contributed by atoms with Crippen LogP contribution in [0, 0.1) is 13.8 Å². The molecule has 5 nitrogen and oxygen atoms in total. The highest BCUT2D eigenvalue weighted by atomic mass is 16.1. The van der Waals surface area contributed by atoms with Crippen molar-refractivity contribution in [3.8, 4) is 0 Å². The first-order valence-electron chi connectivity index (χ1n) is 9.59. The minimum absolute atomic E-state index is 0.176. The van der Waals surface area contributed by atoms with Crippen molar-refractivity contribution in [2.75, 3.05) is 11.4 Å². The van der Waals surface area contributed by atoms with Gasteiger partial charge in [-0.2, -0.15) is 0 Å². The molecule has 1 amide bonds. The Balaban J connectivity index is 1.49. The summed E-state index contributed by atoms with van der Waals surface area (Å²) in [6.45, 7) is 6.05. The lowest BCUT2D eigenvalue weighted by molar-refractivity contribution is 0.0945. The number of amides is 1. The second kappa shape index (κ2) is 7.80. The molecule has 3 aromatic rings. The number of anilines is 1. The third kappa shape index (κ3) is 4.03. The largest absolute Gasteiger partial charge is 0.352 e. The topological polar surface area (TPSA) is 58.1 Å². The quantitative estimate of drug-likeness (QED) is 0.760. The maximum atomic E-state index is 12.7. The lowest BCUT2D eigenvalue weighted by atomic mass is 10.00. The van der Waals surface area contributed by atoms with E-state index in [1.165, 1.54) is 16.7 Å². The molecule has 0 radical (unpaired) electrons. The van der Waals surface area contributed by atoms with E-state index in [9.17, 15) is 4.79 Å². The molecule has 4 rings (SSSR count). The summed E-state index contributed by atoms with van der Waals surface area (Å²) in [7, 11) is 0. The standard InChI is InChI=1S/C23H24N4O/c1-16-7-9-18(10-8-16)14-24-23(28)21-13-22(26-17(2)25-21)27-12-11-19-5-3-4-6-20(19)15-27/h3-10,13H,11-12,14-15H2,1-2H3,(H,24,28). The molecular weight excluding hydrogens is 348 g/mol. The van der Waals surface area contributed by atoms with Crippen molar-refractivity contribution >= 4 is 11.7 Å². The smallest absolute Gasteiger partial charge is 0.270 e. The first kappa shape index (κ1) is 18.2. The summed E-state index contributed by atoms with van der Waals surface area (Å²) in [6.07, 6.45) is 0.980. The Kier molecular flexibility index (Phi) is 5.06. The molecule has 0 saturated carbocycles. The fourth-order valence-electron chi connectivity index (χ4n) is 3.50. The summed E-state index contributed by atoms with van der Waals surface area (Å²) >= 11 is 0. The number of carbonyl (C=O) groups excluding carboxylic acids is 1. The molecule has 0 saturated heterocycles. The van der Waals surface area contributed by atoms with Crippen LogP contribution < -0.4 is 10.2 Å². The monoisotopic (exact) mass is 372 g/mol. The van der Waals surface area contributed by atoms with Gasteiger partial charge in [-0.1, -0.05) is 54.1 Å². The van der Waals surface area contributed by atoms with E-state index in [0.29, 0.717) is 18.1 Å². The second-order valence-corrected chi connectivity index (χ2v) is 7.27. The number of hydrogen-bond donors (Lipinski definition) is 1. The van der Waals surface area contributed by atoms with Gasteiger partial charge in [0.05, 0.1) is 0 Å². The van der Waals surface area contributed by atoms with Gasteiger partial charge in [0.25, 0.3) is 5.91 Å². The van der Waals surface area contributed by atoms with Crippen molar-refractivity contribution in [3.05, 3.63) is 88.4 Å². The summed E-state index contributed by atoms with van der Waals surface area (Å²) in [6, 6.07) is 18.4. The molecule has 1 aliphatic heterocycles. The molecule has 28 heavy (non-hydrogen) atoms. The van der Waals surface area contributed by atoms with E-state index in [1.54, 1.807) is 6.07 Å². The summed E-state index contributed by atoms with van der Waals surface area (Å²) in [5.74, 6) is 1.24. The van der Waals surface area contributed by atoms with Gasteiger partial charge in [0.15, 0.2) is 0 Å². The van der Waals surface area contributed by atoms with Gasteiger partial charge in [-0.25, -0.2) is 9.97 Å². The minimum Gasteiger partial charge on any atom is -0.352 e. The Morgan fingerprint density at radius 1 is 1.04 bits per heavy atom. The van der Waals surface area contributed by atoms with Gasteiger partial charge in [-0.05, 0) is 37.0 Å². The SMILES string of the molecule is Cc1ccc(CNC(=O)c2cc(N3CCc4ccccc4C3)nc(C)n2)cc1. The van der Waals surface area contributed by atoms with Crippen molar-refractivity contribution in [2.24, 2.45) is 0 Å². The van der Waals surface area contributed by atoms with E-state index in [1.807, 2.05) is 38.1 Å². The van der Waals surface area contributed by atoms with Crippen LogP contribution in [0.3, 0.4) is 0 Å². The van der Waals surface area contributed by atoms with E-state index in [0.717, 1.165) is 30.9 Å². The van der Waals surface area contributed by atoms with Crippen molar-refractivity contribution in [3.63, 3.8) is 0 Å². The Morgan fingerprint density at radius 3 is 2.57 bits per heavy atom. The normalized spacial score (nSPS) is 13.1. The van der Waals surface area contributed by atoms with Gasteiger partial charge < -0.3 is 10.2 Å². The van der Waals surface area contributed by atoms with Crippen LogP contribution in [0.1, 0.15) is 38.6 Å². The van der Waals surface area contributed by atoms with Crippen LogP contribution >= 0.6 is 0 Å². The zero-order chi connectivity index (χ0) is 19.5. The molecule has 0 aliphatic carbocycles. The third-order valence-electron chi connectivity index (χ3n) is 5.09. The van der Waals surface area contributed by atoms with Crippen molar-refractivity contribution in [1.29, 1.82) is 0 Å². The first-order valence-corrected chi connectivity index (χ1v) is 9.59. The molecular formula is C23H24N4O. The lowest BCUT2D eigenvalue weighted by Gasteiger charge is -2.30. The Labute approximate surface area is 165 Å². The molecule has 2 heterocycles. The zero-order valence-corrected chi connectivity index (χ0v) is 16.3. The number of hydrogen-bond acceptors (Lipinski definition) is 4. The Bertz CT molecular complexity index is 998. The van der Waals surface area contributed by atoms with Crippen LogP contribution in [0.4, 0.5) is 5.82 Å². The highest BCUT2D eigenvalue weighted by molar-refractivity contribution is 5.92. The highest BCUT2D eigenvalue weighted by Gasteiger charge is 2.19. The molecule has 5 heteroatoms. The van der Waals surface area contributed by atoms with E-state index >= 15 is 0 Å². The number of nitrogens with zero attached hydrogens (tertiary/aromatic N) is 3. The van der Waals surface area contributed by atoms with Crippen molar-refractivity contribution in [1.82, 2.24) is 15.3 Å². The summed E-state index contributed by atoms with van der Waals surface area (Å²) in [5, 5.41) is 2.96. The number of aryl methyl sites for hydroxylation is 2. The van der Waals surface area contributed by atoms with Gasteiger partial charge in [-0.3, -0.25) is 4.79 Å². The van der Waals surface area contributed by atoms with E-state index in [2.05, 4.69) is 44.5 Å². The molecule has 0 fully saturated rings. The van der Waals surface area contributed by atoms with Gasteiger partial charge in [-0.15, -0.1) is 0 Å². The minimum atomic E-state index is -0.176. The maximum absolute atomic E-state index is 12.7. The molecule has 0 atom stereocenters. The predicted octanol–water partition coefficient (Wildman–Crippen LogP) is 3.59. The van der Waals surface area contributed by atoms with Crippen LogP contribution in [0.15, 0.2) is 54.6 Å². The average Bonchev–Trinajstić information content (AvgIpc) is 2.72. The first-order chi connectivity index (χ1) is 13.6. The summed E-state index contributed by atoms with van der Waals surface area (Å²) in [5.41, 5.74) is 5.39. The third-order valence-corrected chi connectivity index (χ3v) is 5.09. The number of rotatable bonds is 4. The Morgan fingerprint density at radius 2 is 1.79 bits per heavy atom. The zero-order valence-electron chi connectivity index (χ0n) is 16.3. The van der Waals surface area contributed by atoms with Gasteiger partial charge in [0.1, 0.15) is 17.3 Å². The van der Waals surface area contributed by atoms with Gasteiger partial charge >= 0.3 is 0 Å². The molecule has 142 valence electrons. The van der Waals surface area contributed by atoms with Gasteiger partial charge in [0, 0.05) is 25.7 Å². The maximum Gasteiger partial charge on any atom is 0.270 e. The van der Waals surface area contributed by atoms with E-state index in [4.69, 9.17) is 0 Å². The average molecular weight is 372 g/mol. The summed E-state index contributed by atoms with van der Waals surface area (Å²) in [4.78, 5) is 23.8. The Hall–Kier alpha value is -3.21. The molecule has 2 aromatic carbocycles. The molecule has 0 unspecified atom stereocenters. The van der Waals surface area contributed by atoms with Crippen LogP contribution in [0.2, 0.25) is 0 Å². The number of fused-ring (bicyclic) bond motifs is 1. The van der Waals surface area contributed by atoms with E-state index < -0.39 is 0 Å². The molecule has 1 aliphatic rings. The van der Waals surface area contributed by atoms with Crippen molar-refractivity contribution < 1.29 is 4.79 Å². The van der Waals surface area contributed by atoms with Gasteiger partial charge in [0.2, 0.25) is 0 Å². The number of carbonyl (C=O) groups is 1. The molecule has 1 aromatic heterocycles. The van der Waals surface area contributed by atoms with E-state index in [-0.39, 0.29) is 5.91 Å². The molecule has 0 spiro atoms. The van der Waals surface area contributed by atoms with Crippen LogP contribution in [0.5, 0.6) is 0 Å². The van der Waals surface area contributed by atoms with Crippen LogP contribution in [-0.4, -0.2) is 22.4 Å². The van der Waals surface area contributed by atoms with Crippen LogP contribution in [0.25, 0.3) is 0 Å². The highest BCUT2D eigenvalue weighted by Crippen LogP contribution is 2.23. The van der Waals surface area contributed by atoms with Crippen LogP contribution in [-0.2, 0) is 19.5 Å².